The number of nitrogens with zero attached hydrogens (tertiary/aromatic N) is 2. The number of benzene rings is 1. The third kappa shape index (κ3) is 2.11. The molecule has 5 heteroatoms. The third-order valence-electron chi connectivity index (χ3n) is 2.71. The van der Waals surface area contributed by atoms with Crippen molar-refractivity contribution in [2.24, 2.45) is 0 Å². The molecule has 0 radical (unpaired) electrons. The van der Waals surface area contributed by atoms with Gasteiger partial charge in [-0.15, -0.1) is 0 Å². The first-order valence-corrected chi connectivity index (χ1v) is 5.71. The summed E-state index contributed by atoms with van der Waals surface area (Å²) in [5, 5.41) is 15.9. The van der Waals surface area contributed by atoms with Gasteiger partial charge in [0.25, 0.3) is 5.56 Å². The van der Waals surface area contributed by atoms with Crippen molar-refractivity contribution in [2.75, 3.05) is 0 Å². The minimum atomic E-state index is -1.21. The van der Waals surface area contributed by atoms with E-state index in [9.17, 15) is 14.7 Å². The Morgan fingerprint density at radius 3 is 2.50 bits per heavy atom. The van der Waals surface area contributed by atoms with Crippen molar-refractivity contribution in [3.8, 4) is 0 Å². The Balaban J connectivity index is 2.80. The molecule has 0 aliphatic heterocycles. The molecule has 5 nitrogen and oxygen atoms in total. The van der Waals surface area contributed by atoms with Crippen LogP contribution in [0.15, 0.2) is 29.1 Å². The molecule has 0 unspecified atom stereocenters. The quantitative estimate of drug-likeness (QED) is 0.777. The highest BCUT2D eigenvalue weighted by Crippen LogP contribution is 2.14. The Kier molecular flexibility index (Phi) is 3.14. The number of fused-ring (bicyclic) bond motifs is 1. The van der Waals surface area contributed by atoms with Gasteiger partial charge in [0.15, 0.2) is 0 Å². The van der Waals surface area contributed by atoms with Crippen LogP contribution in [0.1, 0.15) is 25.6 Å². The Morgan fingerprint density at radius 1 is 1.33 bits per heavy atom. The fourth-order valence-electron chi connectivity index (χ4n) is 1.89. The molecule has 0 aliphatic carbocycles. The SMILES string of the molecule is CC(C)n1nc(CC(=O)[O-])c2ccccc2c1=O. The van der Waals surface area contributed by atoms with E-state index in [4.69, 9.17) is 0 Å². The summed E-state index contributed by atoms with van der Waals surface area (Å²) in [6.07, 6.45) is -0.298. The molecule has 0 spiro atoms. The second kappa shape index (κ2) is 4.60. The predicted octanol–water partition coefficient (Wildman–Crippen LogP) is 0.270. The van der Waals surface area contributed by atoms with Gasteiger partial charge in [0.2, 0.25) is 0 Å². The third-order valence-corrected chi connectivity index (χ3v) is 2.71. The first-order chi connectivity index (χ1) is 8.50. The van der Waals surface area contributed by atoms with Crippen LogP contribution in [0, 0.1) is 0 Å². The second-order valence-corrected chi connectivity index (χ2v) is 4.38. The van der Waals surface area contributed by atoms with Crippen molar-refractivity contribution in [1.82, 2.24) is 9.78 Å². The number of hydrogen-bond acceptors (Lipinski definition) is 4. The van der Waals surface area contributed by atoms with E-state index >= 15 is 0 Å². The number of aliphatic carboxylic acids is 1. The molecular formula is C13H13N2O3-. The van der Waals surface area contributed by atoms with E-state index in [-0.39, 0.29) is 18.0 Å². The molecule has 0 atom stereocenters. The maximum Gasteiger partial charge on any atom is 0.274 e. The predicted molar refractivity (Wildman–Crippen MR) is 65.1 cm³/mol. The molecule has 0 aliphatic rings. The van der Waals surface area contributed by atoms with Gasteiger partial charge >= 0.3 is 0 Å². The molecule has 18 heavy (non-hydrogen) atoms. The van der Waals surface area contributed by atoms with Crippen LogP contribution in [-0.2, 0) is 11.2 Å². The molecule has 1 aromatic carbocycles. The Bertz CT molecular complexity index is 659. The molecule has 0 N–H and O–H groups in total. The van der Waals surface area contributed by atoms with E-state index in [0.29, 0.717) is 16.5 Å². The van der Waals surface area contributed by atoms with Gasteiger partial charge in [-0.05, 0) is 19.9 Å². The number of rotatable bonds is 3. The highest BCUT2D eigenvalue weighted by molar-refractivity contribution is 5.86. The van der Waals surface area contributed by atoms with Crippen molar-refractivity contribution in [1.29, 1.82) is 0 Å². The normalized spacial score (nSPS) is 11.1. The van der Waals surface area contributed by atoms with Crippen molar-refractivity contribution >= 4 is 16.7 Å². The van der Waals surface area contributed by atoms with Gasteiger partial charge in [0.1, 0.15) is 0 Å². The minimum Gasteiger partial charge on any atom is -0.550 e. The fourth-order valence-corrected chi connectivity index (χ4v) is 1.89. The maximum atomic E-state index is 12.1. The van der Waals surface area contributed by atoms with Gasteiger partial charge in [-0.2, -0.15) is 5.10 Å². The van der Waals surface area contributed by atoms with Gasteiger partial charge in [-0.1, -0.05) is 18.2 Å². The first-order valence-electron chi connectivity index (χ1n) is 5.71. The average Bonchev–Trinajstić information content (AvgIpc) is 2.32. The standard InChI is InChI=1S/C13H14N2O3/c1-8(2)15-13(18)10-6-4-3-5-9(10)11(14-15)7-12(16)17/h3-6,8H,7H2,1-2H3,(H,16,17)/p-1. The van der Waals surface area contributed by atoms with Crippen LogP contribution >= 0.6 is 0 Å². The van der Waals surface area contributed by atoms with Crippen LogP contribution in [0.2, 0.25) is 0 Å². The number of carboxylic acid groups (broad SMARTS) is 1. The lowest BCUT2D eigenvalue weighted by Gasteiger charge is -2.13. The summed E-state index contributed by atoms with van der Waals surface area (Å²) in [6.45, 7) is 3.65. The lowest BCUT2D eigenvalue weighted by molar-refractivity contribution is -0.304. The van der Waals surface area contributed by atoms with E-state index in [1.54, 1.807) is 24.3 Å². The zero-order chi connectivity index (χ0) is 13.3. The summed E-state index contributed by atoms with van der Waals surface area (Å²) in [7, 11) is 0. The Labute approximate surface area is 104 Å². The number of aromatic nitrogens is 2. The van der Waals surface area contributed by atoms with Gasteiger partial charge in [-0.3, -0.25) is 4.79 Å². The topological polar surface area (TPSA) is 75.0 Å². The monoisotopic (exact) mass is 245 g/mol. The second-order valence-electron chi connectivity index (χ2n) is 4.38. The van der Waals surface area contributed by atoms with Gasteiger partial charge in [0.05, 0.1) is 17.1 Å². The molecular weight excluding hydrogens is 232 g/mol. The summed E-state index contributed by atoms with van der Waals surface area (Å²) >= 11 is 0. The molecule has 0 amide bonds. The summed E-state index contributed by atoms with van der Waals surface area (Å²) in [5.41, 5.74) is 0.154. The number of hydrogen-bond donors (Lipinski definition) is 0. The van der Waals surface area contributed by atoms with Crippen LogP contribution in [0.4, 0.5) is 0 Å². The highest BCUT2D eigenvalue weighted by atomic mass is 16.4. The van der Waals surface area contributed by atoms with Crippen LogP contribution in [0.25, 0.3) is 10.8 Å². The van der Waals surface area contributed by atoms with E-state index in [2.05, 4.69) is 5.10 Å². The molecule has 0 saturated carbocycles. The zero-order valence-corrected chi connectivity index (χ0v) is 10.2. The summed E-state index contributed by atoms with van der Waals surface area (Å²) < 4.78 is 1.31. The highest BCUT2D eigenvalue weighted by Gasteiger charge is 2.11. The molecule has 2 rings (SSSR count). The average molecular weight is 245 g/mol. The summed E-state index contributed by atoms with van der Waals surface area (Å²) in [4.78, 5) is 22.9. The van der Waals surface area contributed by atoms with Crippen LogP contribution in [-0.4, -0.2) is 15.7 Å². The lowest BCUT2D eigenvalue weighted by Crippen LogP contribution is -2.30. The van der Waals surface area contributed by atoms with E-state index in [0.717, 1.165) is 0 Å². The van der Waals surface area contributed by atoms with Gasteiger partial charge < -0.3 is 9.90 Å². The lowest BCUT2D eigenvalue weighted by atomic mass is 10.1. The molecule has 2 aromatic rings. The summed E-state index contributed by atoms with van der Waals surface area (Å²) in [5.74, 6) is -1.21. The van der Waals surface area contributed by atoms with Crippen LogP contribution in [0.5, 0.6) is 0 Å². The number of carboxylic acids is 1. The molecule has 0 fully saturated rings. The minimum absolute atomic E-state index is 0.123. The molecule has 1 heterocycles. The summed E-state index contributed by atoms with van der Waals surface area (Å²) in [6, 6.07) is 6.76. The first kappa shape index (κ1) is 12.3. The van der Waals surface area contributed by atoms with E-state index in [1.807, 2.05) is 13.8 Å². The van der Waals surface area contributed by atoms with E-state index in [1.165, 1.54) is 4.68 Å². The van der Waals surface area contributed by atoms with Crippen molar-refractivity contribution in [2.45, 2.75) is 26.3 Å². The number of carbonyl (C=O) groups is 1. The van der Waals surface area contributed by atoms with Crippen molar-refractivity contribution < 1.29 is 9.90 Å². The number of carbonyl (C=O) groups excluding carboxylic acids is 1. The molecule has 1 aromatic heterocycles. The molecule has 0 bridgehead atoms. The van der Waals surface area contributed by atoms with Crippen molar-refractivity contribution in [3.05, 3.63) is 40.3 Å². The van der Waals surface area contributed by atoms with Gasteiger partial charge in [-0.25, -0.2) is 4.68 Å². The Hall–Kier alpha value is -2.17. The molecule has 94 valence electrons. The smallest absolute Gasteiger partial charge is 0.274 e. The Morgan fingerprint density at radius 2 is 1.94 bits per heavy atom. The van der Waals surface area contributed by atoms with Crippen LogP contribution < -0.4 is 10.7 Å². The van der Waals surface area contributed by atoms with Crippen LogP contribution in [0.3, 0.4) is 0 Å². The van der Waals surface area contributed by atoms with E-state index < -0.39 is 5.97 Å². The maximum absolute atomic E-state index is 12.1. The van der Waals surface area contributed by atoms with Crippen molar-refractivity contribution in [3.63, 3.8) is 0 Å². The van der Waals surface area contributed by atoms with Gasteiger partial charge in [0, 0.05) is 17.8 Å². The molecule has 0 saturated heterocycles. The zero-order valence-electron chi connectivity index (χ0n) is 10.2. The fraction of sp³-hybridized carbons (Fsp3) is 0.308. The largest absolute Gasteiger partial charge is 0.550 e.